The van der Waals surface area contributed by atoms with Crippen LogP contribution in [0, 0.1) is 0 Å². The van der Waals surface area contributed by atoms with Gasteiger partial charge in [0.1, 0.15) is 0 Å². The number of nitrogens with zero attached hydrogens (tertiary/aromatic N) is 1. The van der Waals surface area contributed by atoms with Crippen molar-refractivity contribution >= 4 is 32.8 Å². The van der Waals surface area contributed by atoms with E-state index >= 15 is 0 Å². The van der Waals surface area contributed by atoms with Crippen LogP contribution in [0.25, 0.3) is 5.57 Å². The number of para-hydroxylation sites is 1. The van der Waals surface area contributed by atoms with Crippen LogP contribution < -0.4 is 4.90 Å². The molecule has 0 unspecified atom stereocenters. The Morgan fingerprint density at radius 1 is 1.27 bits per heavy atom. The molecule has 3 aliphatic heterocycles. The third kappa shape index (κ3) is 1.08. The Morgan fingerprint density at radius 3 is 3.27 bits per heavy atom. The summed E-state index contributed by atoms with van der Waals surface area (Å²) in [6.45, 7) is 2.38. The second kappa shape index (κ2) is 2.98. The van der Waals surface area contributed by atoms with E-state index in [1.807, 2.05) is 21.6 Å². The van der Waals surface area contributed by atoms with Crippen LogP contribution in [0.3, 0.4) is 0 Å². The topological polar surface area (TPSA) is 3.24 Å². The van der Waals surface area contributed by atoms with Gasteiger partial charge in [0.05, 0.1) is 6.54 Å². The number of rotatable bonds is 0. The van der Waals surface area contributed by atoms with Crippen molar-refractivity contribution in [3.8, 4) is 0 Å². The van der Waals surface area contributed by atoms with Gasteiger partial charge in [-0.2, -0.15) is 0 Å². The monoisotopic (exact) mass is 233 g/mol. The SMILES string of the molecule is c1cc2c3c(c1)C1=C(CN3CC2)SSC1. The quantitative estimate of drug-likeness (QED) is 0.634. The van der Waals surface area contributed by atoms with Crippen LogP contribution in [0.15, 0.2) is 23.1 Å². The van der Waals surface area contributed by atoms with Crippen molar-refractivity contribution in [3.05, 3.63) is 34.2 Å². The maximum absolute atomic E-state index is 2.56. The van der Waals surface area contributed by atoms with Gasteiger partial charge in [0.15, 0.2) is 0 Å². The third-order valence-corrected chi connectivity index (χ3v) is 5.86. The van der Waals surface area contributed by atoms with E-state index < -0.39 is 0 Å². The van der Waals surface area contributed by atoms with E-state index in [2.05, 4.69) is 23.1 Å². The zero-order valence-electron chi connectivity index (χ0n) is 8.32. The molecule has 0 spiro atoms. The fourth-order valence-electron chi connectivity index (χ4n) is 2.75. The predicted octanol–water partition coefficient (Wildman–Crippen LogP) is 3.17. The lowest BCUT2D eigenvalue weighted by Gasteiger charge is -2.27. The van der Waals surface area contributed by atoms with Crippen molar-refractivity contribution in [1.29, 1.82) is 0 Å². The van der Waals surface area contributed by atoms with Crippen LogP contribution in [0.1, 0.15) is 11.1 Å². The molecule has 3 heteroatoms. The summed E-state index contributed by atoms with van der Waals surface area (Å²) in [5.41, 5.74) is 6.23. The number of fused-ring (bicyclic) bond motifs is 1. The predicted molar refractivity (Wildman–Crippen MR) is 69.3 cm³/mol. The lowest BCUT2D eigenvalue weighted by molar-refractivity contribution is 0.893. The second-order valence-corrected chi connectivity index (χ2v) is 6.62. The van der Waals surface area contributed by atoms with Crippen LogP contribution in [0.5, 0.6) is 0 Å². The van der Waals surface area contributed by atoms with Crippen LogP contribution in [-0.2, 0) is 6.42 Å². The summed E-state index contributed by atoms with van der Waals surface area (Å²) in [6, 6.07) is 6.82. The molecule has 1 nitrogen and oxygen atoms in total. The fraction of sp³-hybridized carbons (Fsp3) is 0.333. The molecular formula is C12H11NS2. The summed E-state index contributed by atoms with van der Waals surface area (Å²) in [6.07, 6.45) is 1.24. The standard InChI is InChI=1S/C12H11NS2/c1-2-8-4-5-13-6-11-10(7-14-15-11)9(3-1)12(8)13/h1-3H,4-7H2. The molecular weight excluding hydrogens is 222 g/mol. The lowest BCUT2D eigenvalue weighted by atomic mass is 9.98. The van der Waals surface area contributed by atoms with Gasteiger partial charge in [-0.25, -0.2) is 0 Å². The maximum Gasteiger partial charge on any atom is 0.0501 e. The van der Waals surface area contributed by atoms with E-state index in [0.29, 0.717) is 0 Å². The molecule has 3 aliphatic rings. The van der Waals surface area contributed by atoms with Crippen molar-refractivity contribution in [2.45, 2.75) is 6.42 Å². The lowest BCUT2D eigenvalue weighted by Crippen LogP contribution is -2.26. The Balaban J connectivity index is 2.01. The van der Waals surface area contributed by atoms with E-state index in [4.69, 9.17) is 0 Å². The van der Waals surface area contributed by atoms with Gasteiger partial charge in [0.25, 0.3) is 0 Å². The molecule has 0 atom stereocenters. The Bertz CT molecular complexity index is 479. The molecule has 0 bridgehead atoms. The van der Waals surface area contributed by atoms with E-state index in [0.717, 1.165) is 6.54 Å². The molecule has 0 aliphatic carbocycles. The van der Waals surface area contributed by atoms with Gasteiger partial charge in [0, 0.05) is 28.5 Å². The third-order valence-electron chi connectivity index (χ3n) is 3.45. The highest BCUT2D eigenvalue weighted by atomic mass is 33.1. The van der Waals surface area contributed by atoms with Crippen molar-refractivity contribution in [3.63, 3.8) is 0 Å². The molecule has 0 radical (unpaired) electrons. The second-order valence-electron chi connectivity index (χ2n) is 4.23. The van der Waals surface area contributed by atoms with Gasteiger partial charge in [-0.05, 0) is 17.6 Å². The summed E-state index contributed by atoms with van der Waals surface area (Å²) in [5, 5.41) is 0. The average Bonchev–Trinajstić information content (AvgIpc) is 2.87. The molecule has 0 saturated heterocycles. The molecule has 3 heterocycles. The highest BCUT2D eigenvalue weighted by molar-refractivity contribution is 8.78. The van der Waals surface area contributed by atoms with Crippen molar-refractivity contribution in [2.75, 3.05) is 23.7 Å². The largest absolute Gasteiger partial charge is 0.366 e. The minimum absolute atomic E-state index is 1.16. The van der Waals surface area contributed by atoms with Crippen LogP contribution >= 0.6 is 21.6 Å². The van der Waals surface area contributed by atoms with Gasteiger partial charge in [-0.3, -0.25) is 0 Å². The maximum atomic E-state index is 2.56. The Morgan fingerprint density at radius 2 is 2.27 bits per heavy atom. The average molecular weight is 233 g/mol. The Labute approximate surface area is 97.3 Å². The molecule has 0 amide bonds. The van der Waals surface area contributed by atoms with Gasteiger partial charge in [-0.1, -0.05) is 39.8 Å². The number of hydrogen-bond donors (Lipinski definition) is 0. The summed E-state index contributed by atoms with van der Waals surface area (Å²) in [4.78, 5) is 4.16. The molecule has 0 fully saturated rings. The van der Waals surface area contributed by atoms with Gasteiger partial charge in [0.2, 0.25) is 0 Å². The smallest absolute Gasteiger partial charge is 0.0501 e. The first-order valence-electron chi connectivity index (χ1n) is 5.32. The van der Waals surface area contributed by atoms with E-state index in [-0.39, 0.29) is 0 Å². The molecule has 76 valence electrons. The summed E-state index contributed by atoms with van der Waals surface area (Å²) in [5.74, 6) is 1.20. The highest BCUT2D eigenvalue weighted by Crippen LogP contribution is 2.52. The molecule has 0 aromatic heterocycles. The molecule has 4 rings (SSSR count). The van der Waals surface area contributed by atoms with Gasteiger partial charge in [-0.15, -0.1) is 0 Å². The zero-order chi connectivity index (χ0) is 9.83. The minimum Gasteiger partial charge on any atom is -0.366 e. The molecule has 15 heavy (non-hydrogen) atoms. The number of hydrogen-bond acceptors (Lipinski definition) is 3. The van der Waals surface area contributed by atoms with Gasteiger partial charge >= 0.3 is 0 Å². The summed E-state index contributed by atoms with van der Waals surface area (Å²) in [7, 11) is 3.98. The molecule has 1 aromatic rings. The zero-order valence-corrected chi connectivity index (χ0v) is 9.96. The van der Waals surface area contributed by atoms with E-state index in [1.54, 1.807) is 21.7 Å². The van der Waals surface area contributed by atoms with Crippen molar-refractivity contribution < 1.29 is 0 Å². The number of benzene rings is 1. The van der Waals surface area contributed by atoms with Crippen molar-refractivity contribution in [1.82, 2.24) is 0 Å². The minimum atomic E-state index is 1.16. The Hall–Kier alpha value is -0.540. The first kappa shape index (κ1) is 8.59. The Kier molecular flexibility index (Phi) is 1.71. The first-order valence-corrected chi connectivity index (χ1v) is 7.64. The van der Waals surface area contributed by atoms with Crippen LogP contribution in [0.4, 0.5) is 5.69 Å². The summed E-state index contributed by atoms with van der Waals surface area (Å²) < 4.78 is 0. The molecule has 0 N–H and O–H groups in total. The van der Waals surface area contributed by atoms with Gasteiger partial charge < -0.3 is 4.90 Å². The van der Waals surface area contributed by atoms with Crippen LogP contribution in [-0.4, -0.2) is 18.8 Å². The van der Waals surface area contributed by atoms with E-state index in [9.17, 15) is 0 Å². The summed E-state index contributed by atoms with van der Waals surface area (Å²) >= 11 is 0. The molecule has 1 aromatic carbocycles. The van der Waals surface area contributed by atoms with Crippen molar-refractivity contribution in [2.24, 2.45) is 0 Å². The number of anilines is 1. The fourth-order valence-corrected chi connectivity index (χ4v) is 5.40. The normalized spacial score (nSPS) is 22.0. The highest BCUT2D eigenvalue weighted by Gasteiger charge is 2.32. The van der Waals surface area contributed by atoms with Crippen LogP contribution in [0.2, 0.25) is 0 Å². The van der Waals surface area contributed by atoms with E-state index in [1.165, 1.54) is 24.3 Å². The molecule has 0 saturated carbocycles. The first-order chi connectivity index (χ1) is 7.43.